The molecule has 158 valence electrons. The Morgan fingerprint density at radius 2 is 2.03 bits per heavy atom. The van der Waals surface area contributed by atoms with Gasteiger partial charge in [0.1, 0.15) is 16.4 Å². The molecule has 0 amide bonds. The summed E-state index contributed by atoms with van der Waals surface area (Å²) in [7, 11) is 0. The standard InChI is InChI=1S/C26H31NO2S/c1-3-28-24-18-11-9-10-17(18)22-23(24)26(29-4-2)16-20(30-21-13-6-8-15-27-21)25(22)14-7-5-12-19(25)26/h6,8,13,15-16,18-19H,3-5,7,9-12,14H2,1-2H3/t18-,19-,25-,26+/m1/s1. The summed E-state index contributed by atoms with van der Waals surface area (Å²) in [6.07, 6.45) is 13.3. The quantitative estimate of drug-likeness (QED) is 0.529. The van der Waals surface area contributed by atoms with E-state index >= 15 is 0 Å². The van der Waals surface area contributed by atoms with Crippen molar-refractivity contribution in [2.45, 2.75) is 69.4 Å². The fraction of sp³-hybridized carbons (Fsp3) is 0.577. The van der Waals surface area contributed by atoms with Gasteiger partial charge in [0.05, 0.1) is 6.61 Å². The van der Waals surface area contributed by atoms with Crippen LogP contribution in [0, 0.1) is 17.3 Å². The fourth-order valence-electron chi connectivity index (χ4n) is 7.35. The number of allylic oxidation sites excluding steroid dienone is 2. The van der Waals surface area contributed by atoms with Gasteiger partial charge in [-0.1, -0.05) is 36.2 Å². The van der Waals surface area contributed by atoms with Gasteiger partial charge in [-0.05, 0) is 69.7 Å². The van der Waals surface area contributed by atoms with Crippen LogP contribution in [0.4, 0.5) is 0 Å². The lowest BCUT2D eigenvalue weighted by atomic mass is 9.66. The first-order chi connectivity index (χ1) is 14.8. The van der Waals surface area contributed by atoms with Gasteiger partial charge in [-0.25, -0.2) is 4.98 Å². The molecule has 0 spiro atoms. The highest BCUT2D eigenvalue weighted by Gasteiger charge is 2.72. The Morgan fingerprint density at radius 3 is 2.83 bits per heavy atom. The summed E-state index contributed by atoms with van der Waals surface area (Å²) in [5.41, 5.74) is 4.59. The first-order valence-corrected chi connectivity index (χ1v) is 12.7. The van der Waals surface area contributed by atoms with Crippen LogP contribution in [0.15, 0.2) is 62.9 Å². The third-order valence-corrected chi connectivity index (χ3v) is 9.23. The molecule has 5 aliphatic carbocycles. The van der Waals surface area contributed by atoms with E-state index in [-0.39, 0.29) is 11.0 Å². The van der Waals surface area contributed by atoms with Crippen LogP contribution in [0.1, 0.15) is 58.8 Å². The number of fused-ring (bicyclic) bond motifs is 3. The highest BCUT2D eigenvalue weighted by Crippen LogP contribution is 2.77. The average molecular weight is 422 g/mol. The van der Waals surface area contributed by atoms with E-state index in [2.05, 4.69) is 37.0 Å². The zero-order valence-corrected chi connectivity index (χ0v) is 18.9. The lowest BCUT2D eigenvalue weighted by molar-refractivity contribution is -0.0267. The number of hydrogen-bond donors (Lipinski definition) is 0. The molecule has 1 aromatic heterocycles. The van der Waals surface area contributed by atoms with Crippen molar-refractivity contribution in [1.29, 1.82) is 0 Å². The number of rotatable bonds is 6. The smallest absolute Gasteiger partial charge is 0.120 e. The van der Waals surface area contributed by atoms with E-state index in [1.165, 1.54) is 61.2 Å². The molecule has 6 rings (SSSR count). The highest BCUT2D eigenvalue weighted by molar-refractivity contribution is 8.03. The van der Waals surface area contributed by atoms with E-state index in [0.717, 1.165) is 18.2 Å². The van der Waals surface area contributed by atoms with Crippen LogP contribution >= 0.6 is 11.8 Å². The molecule has 0 saturated heterocycles. The van der Waals surface area contributed by atoms with Crippen LogP contribution in [0.25, 0.3) is 0 Å². The Hall–Kier alpha value is -1.52. The summed E-state index contributed by atoms with van der Waals surface area (Å²) in [5, 5.41) is 1.10. The summed E-state index contributed by atoms with van der Waals surface area (Å²) in [6, 6.07) is 6.25. The number of ether oxygens (including phenoxy) is 2. The SMILES string of the molecule is CCOC1=C2C(=C3CCC[C@H]31)[C@]13CCCC[C@H]1[C@@]2(OCC)C=C3Sc1ccccn1. The van der Waals surface area contributed by atoms with Crippen molar-refractivity contribution >= 4 is 11.8 Å². The molecule has 5 aliphatic rings. The van der Waals surface area contributed by atoms with Crippen LogP contribution in [0.3, 0.4) is 0 Å². The molecular weight excluding hydrogens is 390 g/mol. The first-order valence-electron chi connectivity index (χ1n) is 11.8. The molecule has 3 saturated carbocycles. The maximum absolute atomic E-state index is 6.79. The maximum atomic E-state index is 6.79. The molecule has 30 heavy (non-hydrogen) atoms. The van der Waals surface area contributed by atoms with Gasteiger partial charge in [-0.15, -0.1) is 0 Å². The van der Waals surface area contributed by atoms with Crippen LogP contribution < -0.4 is 0 Å². The number of pyridine rings is 1. The molecular formula is C26H31NO2S. The molecule has 0 N–H and O–H groups in total. The van der Waals surface area contributed by atoms with E-state index in [0.29, 0.717) is 11.8 Å². The van der Waals surface area contributed by atoms with E-state index in [9.17, 15) is 0 Å². The number of thioether (sulfide) groups is 1. The second-order valence-corrected chi connectivity index (χ2v) is 10.4. The van der Waals surface area contributed by atoms with Gasteiger partial charge >= 0.3 is 0 Å². The molecule has 4 heteroatoms. The largest absolute Gasteiger partial charge is 0.497 e. The Morgan fingerprint density at radius 1 is 1.10 bits per heavy atom. The minimum absolute atomic E-state index is 0.113. The second kappa shape index (κ2) is 7.00. The Bertz CT molecular complexity index is 965. The zero-order valence-electron chi connectivity index (χ0n) is 18.1. The number of aromatic nitrogens is 1. The van der Waals surface area contributed by atoms with E-state index in [1.807, 2.05) is 24.0 Å². The first kappa shape index (κ1) is 19.2. The molecule has 0 aliphatic heterocycles. The second-order valence-electron chi connectivity index (χ2n) is 9.29. The maximum Gasteiger partial charge on any atom is 0.120 e. The van der Waals surface area contributed by atoms with Crippen molar-refractivity contribution in [3.05, 3.63) is 57.9 Å². The summed E-state index contributed by atoms with van der Waals surface area (Å²) in [6.45, 7) is 5.76. The minimum atomic E-state index is -0.302. The van der Waals surface area contributed by atoms with E-state index in [1.54, 1.807) is 11.1 Å². The van der Waals surface area contributed by atoms with Crippen LogP contribution in [-0.4, -0.2) is 23.8 Å². The summed E-state index contributed by atoms with van der Waals surface area (Å²) < 4.78 is 13.2. The van der Waals surface area contributed by atoms with Crippen LogP contribution in [-0.2, 0) is 9.47 Å². The van der Waals surface area contributed by atoms with Crippen molar-refractivity contribution in [3.63, 3.8) is 0 Å². The molecule has 0 radical (unpaired) electrons. The summed E-state index contributed by atoms with van der Waals surface area (Å²) in [5.74, 6) is 2.28. The van der Waals surface area contributed by atoms with Gasteiger partial charge in [0.2, 0.25) is 0 Å². The number of hydrogen-bond acceptors (Lipinski definition) is 4. The lowest BCUT2D eigenvalue weighted by Crippen LogP contribution is -2.39. The topological polar surface area (TPSA) is 31.4 Å². The molecule has 3 fully saturated rings. The number of nitrogens with zero attached hydrogens (tertiary/aromatic N) is 1. The van der Waals surface area contributed by atoms with Gasteiger partial charge < -0.3 is 9.47 Å². The van der Waals surface area contributed by atoms with Gasteiger partial charge in [0, 0.05) is 40.5 Å². The van der Waals surface area contributed by atoms with Crippen molar-refractivity contribution < 1.29 is 9.47 Å². The molecule has 4 atom stereocenters. The Labute approximate surface area is 184 Å². The van der Waals surface area contributed by atoms with Crippen molar-refractivity contribution in [2.24, 2.45) is 17.3 Å². The van der Waals surface area contributed by atoms with E-state index < -0.39 is 0 Å². The molecule has 1 aromatic rings. The average Bonchev–Trinajstić information content (AvgIpc) is 3.47. The summed E-state index contributed by atoms with van der Waals surface area (Å²) >= 11 is 1.89. The summed E-state index contributed by atoms with van der Waals surface area (Å²) in [4.78, 5) is 6.15. The van der Waals surface area contributed by atoms with Crippen molar-refractivity contribution in [2.75, 3.05) is 13.2 Å². The molecule has 2 bridgehead atoms. The monoisotopic (exact) mass is 421 g/mol. The highest BCUT2D eigenvalue weighted by atomic mass is 32.2. The van der Waals surface area contributed by atoms with Gasteiger partial charge in [0.15, 0.2) is 0 Å². The normalized spacial score (nSPS) is 36.1. The van der Waals surface area contributed by atoms with Crippen molar-refractivity contribution in [3.8, 4) is 0 Å². The third kappa shape index (κ3) is 2.30. The van der Waals surface area contributed by atoms with E-state index in [4.69, 9.17) is 9.47 Å². The van der Waals surface area contributed by atoms with Gasteiger partial charge in [0.25, 0.3) is 0 Å². The molecule has 0 aromatic carbocycles. The Kier molecular flexibility index (Phi) is 4.47. The predicted octanol–water partition coefficient (Wildman–Crippen LogP) is 6.44. The molecule has 0 unspecified atom stereocenters. The van der Waals surface area contributed by atoms with Crippen LogP contribution in [0.2, 0.25) is 0 Å². The minimum Gasteiger partial charge on any atom is -0.497 e. The Balaban J connectivity index is 1.58. The predicted molar refractivity (Wildman–Crippen MR) is 120 cm³/mol. The van der Waals surface area contributed by atoms with Gasteiger partial charge in [-0.2, -0.15) is 0 Å². The van der Waals surface area contributed by atoms with Crippen LogP contribution in [0.5, 0.6) is 0 Å². The van der Waals surface area contributed by atoms with Crippen molar-refractivity contribution in [1.82, 2.24) is 4.98 Å². The third-order valence-electron chi connectivity index (χ3n) is 8.08. The fourth-order valence-corrected chi connectivity index (χ4v) is 8.60. The molecule has 1 heterocycles. The zero-order chi connectivity index (χ0) is 20.3. The van der Waals surface area contributed by atoms with Gasteiger partial charge in [-0.3, -0.25) is 0 Å². The molecule has 3 nitrogen and oxygen atoms in total. The lowest BCUT2D eigenvalue weighted by Gasteiger charge is -2.41.